The fourth-order valence-electron chi connectivity index (χ4n) is 1.37. The molecule has 1 atom stereocenters. The quantitative estimate of drug-likeness (QED) is 0.592. The van der Waals surface area contributed by atoms with Gasteiger partial charge in [-0.25, -0.2) is 0 Å². The number of rotatable bonds is 9. The van der Waals surface area contributed by atoms with E-state index in [1.165, 1.54) is 0 Å². The molecule has 1 unspecified atom stereocenters. The third kappa shape index (κ3) is 8.68. The Balaban J connectivity index is 3.50. The minimum absolute atomic E-state index is 0.0886. The SMILES string of the molecule is CCN(C)C(=O)CNCCC(C)CCC(=O)O. The van der Waals surface area contributed by atoms with Crippen molar-refractivity contribution in [2.24, 2.45) is 5.92 Å². The molecule has 17 heavy (non-hydrogen) atoms. The molecule has 0 bridgehead atoms. The molecule has 0 radical (unpaired) electrons. The van der Waals surface area contributed by atoms with E-state index < -0.39 is 5.97 Å². The number of carbonyl (C=O) groups excluding carboxylic acids is 1. The van der Waals surface area contributed by atoms with Crippen molar-refractivity contribution in [2.75, 3.05) is 26.7 Å². The Morgan fingerprint density at radius 3 is 2.53 bits per heavy atom. The molecule has 100 valence electrons. The standard InChI is InChI=1S/C12H24N2O3/c1-4-14(3)11(15)9-13-8-7-10(2)5-6-12(16)17/h10,13H,4-9H2,1-3H3,(H,16,17). The summed E-state index contributed by atoms with van der Waals surface area (Å²) < 4.78 is 0. The Hall–Kier alpha value is -1.10. The number of hydrogen-bond acceptors (Lipinski definition) is 3. The van der Waals surface area contributed by atoms with Gasteiger partial charge in [-0.2, -0.15) is 0 Å². The van der Waals surface area contributed by atoms with E-state index in [0.29, 0.717) is 18.9 Å². The monoisotopic (exact) mass is 244 g/mol. The zero-order chi connectivity index (χ0) is 13.3. The molecule has 0 spiro atoms. The molecule has 5 nitrogen and oxygen atoms in total. The van der Waals surface area contributed by atoms with Crippen molar-refractivity contribution in [3.8, 4) is 0 Å². The van der Waals surface area contributed by atoms with Gasteiger partial charge in [-0.05, 0) is 32.2 Å². The molecule has 0 heterocycles. The highest BCUT2D eigenvalue weighted by Crippen LogP contribution is 2.08. The van der Waals surface area contributed by atoms with Gasteiger partial charge >= 0.3 is 5.97 Å². The lowest BCUT2D eigenvalue weighted by molar-refractivity contribution is -0.137. The minimum Gasteiger partial charge on any atom is -0.481 e. The van der Waals surface area contributed by atoms with Crippen molar-refractivity contribution in [1.29, 1.82) is 0 Å². The van der Waals surface area contributed by atoms with Crippen LogP contribution < -0.4 is 5.32 Å². The summed E-state index contributed by atoms with van der Waals surface area (Å²) in [6.45, 7) is 5.80. The zero-order valence-corrected chi connectivity index (χ0v) is 11.0. The number of aliphatic carboxylic acids is 1. The van der Waals surface area contributed by atoms with E-state index in [-0.39, 0.29) is 12.3 Å². The fraction of sp³-hybridized carbons (Fsp3) is 0.833. The number of nitrogens with one attached hydrogen (secondary N) is 1. The molecule has 0 aliphatic carbocycles. The summed E-state index contributed by atoms with van der Waals surface area (Å²) in [5.41, 5.74) is 0. The molecule has 0 saturated carbocycles. The van der Waals surface area contributed by atoms with E-state index in [4.69, 9.17) is 5.11 Å². The number of hydrogen-bond donors (Lipinski definition) is 2. The molecule has 2 N–H and O–H groups in total. The van der Waals surface area contributed by atoms with Crippen molar-refractivity contribution in [3.63, 3.8) is 0 Å². The first-order valence-corrected chi connectivity index (χ1v) is 6.13. The van der Waals surface area contributed by atoms with Gasteiger partial charge in [0.15, 0.2) is 0 Å². The van der Waals surface area contributed by atoms with Crippen LogP contribution in [-0.2, 0) is 9.59 Å². The van der Waals surface area contributed by atoms with Crippen LogP contribution in [0.2, 0.25) is 0 Å². The molecule has 0 aliphatic rings. The van der Waals surface area contributed by atoms with E-state index >= 15 is 0 Å². The number of nitrogens with zero attached hydrogens (tertiary/aromatic N) is 1. The van der Waals surface area contributed by atoms with Crippen LogP contribution in [0.4, 0.5) is 0 Å². The summed E-state index contributed by atoms with van der Waals surface area (Å²) in [5.74, 6) is -0.284. The molecule has 0 aromatic heterocycles. The second kappa shape index (κ2) is 8.98. The van der Waals surface area contributed by atoms with E-state index in [9.17, 15) is 9.59 Å². The lowest BCUT2D eigenvalue weighted by Gasteiger charge is -2.15. The molecule has 0 fully saturated rings. The van der Waals surface area contributed by atoms with Crippen molar-refractivity contribution in [1.82, 2.24) is 10.2 Å². The predicted octanol–water partition coefficient (Wildman–Crippen LogP) is 0.945. The number of carbonyl (C=O) groups is 2. The Bertz CT molecular complexity index is 244. The molecular formula is C12H24N2O3. The van der Waals surface area contributed by atoms with Crippen LogP contribution in [0.3, 0.4) is 0 Å². The van der Waals surface area contributed by atoms with Crippen molar-refractivity contribution in [2.45, 2.75) is 33.1 Å². The number of amides is 1. The fourth-order valence-corrected chi connectivity index (χ4v) is 1.37. The van der Waals surface area contributed by atoms with Crippen LogP contribution >= 0.6 is 0 Å². The van der Waals surface area contributed by atoms with Crippen LogP contribution in [-0.4, -0.2) is 48.6 Å². The maximum absolute atomic E-state index is 11.4. The predicted molar refractivity (Wildman–Crippen MR) is 66.8 cm³/mol. The molecule has 5 heteroatoms. The van der Waals surface area contributed by atoms with E-state index in [1.54, 1.807) is 11.9 Å². The highest BCUT2D eigenvalue weighted by Gasteiger charge is 2.07. The lowest BCUT2D eigenvalue weighted by atomic mass is 10.0. The third-order valence-corrected chi connectivity index (χ3v) is 2.84. The van der Waals surface area contributed by atoms with Gasteiger partial charge in [-0.1, -0.05) is 6.92 Å². The Labute approximate surface area is 103 Å². The van der Waals surface area contributed by atoms with E-state index in [2.05, 4.69) is 5.32 Å². The number of carboxylic acids is 1. The van der Waals surface area contributed by atoms with Crippen molar-refractivity contribution < 1.29 is 14.7 Å². The zero-order valence-electron chi connectivity index (χ0n) is 11.0. The smallest absolute Gasteiger partial charge is 0.303 e. The van der Waals surface area contributed by atoms with Gasteiger partial charge in [-0.3, -0.25) is 9.59 Å². The molecular weight excluding hydrogens is 220 g/mol. The molecule has 0 rings (SSSR count). The highest BCUT2D eigenvalue weighted by molar-refractivity contribution is 5.77. The van der Waals surface area contributed by atoms with Crippen LogP contribution in [0, 0.1) is 5.92 Å². The average Bonchev–Trinajstić information content (AvgIpc) is 2.30. The Morgan fingerprint density at radius 2 is 2.00 bits per heavy atom. The highest BCUT2D eigenvalue weighted by atomic mass is 16.4. The number of carboxylic acid groups (broad SMARTS) is 1. The maximum atomic E-state index is 11.4. The Kier molecular flexibility index (Phi) is 8.40. The van der Waals surface area contributed by atoms with Gasteiger partial charge < -0.3 is 15.3 Å². The molecule has 0 aromatic rings. The summed E-state index contributed by atoms with van der Waals surface area (Å²) in [4.78, 5) is 23.5. The van der Waals surface area contributed by atoms with Gasteiger partial charge in [0.25, 0.3) is 0 Å². The average molecular weight is 244 g/mol. The second-order valence-corrected chi connectivity index (χ2v) is 4.41. The van der Waals surface area contributed by atoms with Gasteiger partial charge in [0.1, 0.15) is 0 Å². The van der Waals surface area contributed by atoms with Gasteiger partial charge in [0, 0.05) is 20.0 Å². The third-order valence-electron chi connectivity index (χ3n) is 2.84. The Morgan fingerprint density at radius 1 is 1.35 bits per heavy atom. The normalized spacial score (nSPS) is 12.2. The van der Waals surface area contributed by atoms with Crippen LogP contribution in [0.5, 0.6) is 0 Å². The first-order chi connectivity index (χ1) is 7.97. The van der Waals surface area contributed by atoms with Crippen LogP contribution in [0.1, 0.15) is 33.1 Å². The minimum atomic E-state index is -0.746. The first-order valence-electron chi connectivity index (χ1n) is 6.13. The summed E-state index contributed by atoms with van der Waals surface area (Å²) >= 11 is 0. The topological polar surface area (TPSA) is 69.6 Å². The van der Waals surface area contributed by atoms with Crippen molar-refractivity contribution >= 4 is 11.9 Å². The summed E-state index contributed by atoms with van der Waals surface area (Å²) in [6, 6.07) is 0. The second-order valence-electron chi connectivity index (χ2n) is 4.41. The van der Waals surface area contributed by atoms with Gasteiger partial charge in [-0.15, -0.1) is 0 Å². The first kappa shape index (κ1) is 15.9. The van der Waals surface area contributed by atoms with Crippen LogP contribution in [0.15, 0.2) is 0 Å². The summed E-state index contributed by atoms with van der Waals surface area (Å²) in [7, 11) is 1.78. The summed E-state index contributed by atoms with van der Waals surface area (Å²) in [6.07, 6.45) is 1.81. The molecule has 0 saturated heterocycles. The lowest BCUT2D eigenvalue weighted by Crippen LogP contribution is -2.35. The van der Waals surface area contributed by atoms with E-state index in [0.717, 1.165) is 19.5 Å². The maximum Gasteiger partial charge on any atom is 0.303 e. The van der Waals surface area contributed by atoms with Crippen LogP contribution in [0.25, 0.3) is 0 Å². The largest absolute Gasteiger partial charge is 0.481 e. The molecule has 0 aliphatic heterocycles. The molecule has 0 aromatic carbocycles. The number of likely N-dealkylation sites (N-methyl/N-ethyl adjacent to an activating group) is 1. The van der Waals surface area contributed by atoms with Gasteiger partial charge in [0.2, 0.25) is 5.91 Å². The van der Waals surface area contributed by atoms with E-state index in [1.807, 2.05) is 13.8 Å². The van der Waals surface area contributed by atoms with Crippen molar-refractivity contribution in [3.05, 3.63) is 0 Å². The van der Waals surface area contributed by atoms with Gasteiger partial charge in [0.05, 0.1) is 6.54 Å². The summed E-state index contributed by atoms with van der Waals surface area (Å²) in [5, 5.41) is 11.6. The molecule has 1 amide bonds.